The van der Waals surface area contributed by atoms with Crippen molar-refractivity contribution in [1.29, 1.82) is 10.5 Å². The molecule has 0 bridgehead atoms. The van der Waals surface area contributed by atoms with E-state index in [0.29, 0.717) is 29.3 Å². The second-order valence-electron chi connectivity index (χ2n) is 7.30. The number of hydrogen-bond acceptors (Lipinski definition) is 9. The van der Waals surface area contributed by atoms with Crippen molar-refractivity contribution in [3.05, 3.63) is 74.8 Å². The van der Waals surface area contributed by atoms with Crippen molar-refractivity contribution in [2.24, 2.45) is 4.99 Å². The van der Waals surface area contributed by atoms with Gasteiger partial charge in [-0.05, 0) is 36.2 Å². The standard InChI is InChI=1S/C23H19BrN8O/c1-12-4-2-3-5-13(12)10-33-17-7-6-14(24)8-15(17)20-18-19(27)16(9-25)21(28)31-22(18)32-23(30-20)29-11-26/h2-8,20H,10H2,1H3,(H6,27,28,29,30,31,32). The number of nitrogens with zero attached hydrogens (tertiary/aromatic N) is 4. The van der Waals surface area contributed by atoms with E-state index >= 15 is 0 Å². The summed E-state index contributed by atoms with van der Waals surface area (Å²) >= 11 is 3.51. The Morgan fingerprint density at radius 2 is 2.00 bits per heavy atom. The third kappa shape index (κ3) is 4.25. The first kappa shape index (κ1) is 21.9. The number of rotatable bonds is 4. The highest BCUT2D eigenvalue weighted by molar-refractivity contribution is 9.10. The van der Waals surface area contributed by atoms with Crippen molar-refractivity contribution < 1.29 is 4.74 Å². The molecule has 10 heteroatoms. The topological polar surface area (TPSA) is 158 Å². The third-order valence-electron chi connectivity index (χ3n) is 5.27. The number of nitriles is 2. The summed E-state index contributed by atoms with van der Waals surface area (Å²) < 4.78 is 7.00. The minimum absolute atomic E-state index is 0.0107. The van der Waals surface area contributed by atoms with Crippen LogP contribution >= 0.6 is 15.9 Å². The first-order valence-electron chi connectivity index (χ1n) is 9.88. The van der Waals surface area contributed by atoms with Crippen LogP contribution < -0.4 is 26.8 Å². The van der Waals surface area contributed by atoms with Crippen molar-refractivity contribution >= 4 is 39.2 Å². The van der Waals surface area contributed by atoms with Gasteiger partial charge in [0.1, 0.15) is 41.7 Å². The van der Waals surface area contributed by atoms with Gasteiger partial charge in [0.15, 0.2) is 6.19 Å². The molecule has 2 aromatic carbocycles. The fourth-order valence-electron chi connectivity index (χ4n) is 3.60. The number of nitrogen functional groups attached to an aromatic ring is 2. The fourth-order valence-corrected chi connectivity index (χ4v) is 3.98. The summed E-state index contributed by atoms with van der Waals surface area (Å²) in [6.07, 6.45) is 1.84. The van der Waals surface area contributed by atoms with Gasteiger partial charge >= 0.3 is 0 Å². The molecule has 0 saturated carbocycles. The zero-order valence-corrected chi connectivity index (χ0v) is 19.1. The van der Waals surface area contributed by atoms with Crippen LogP contribution in [0.15, 0.2) is 51.9 Å². The van der Waals surface area contributed by atoms with E-state index in [2.05, 4.69) is 36.5 Å². The van der Waals surface area contributed by atoms with Gasteiger partial charge in [0.2, 0.25) is 5.96 Å². The van der Waals surface area contributed by atoms with E-state index in [9.17, 15) is 5.26 Å². The molecule has 164 valence electrons. The lowest BCUT2D eigenvalue weighted by Crippen LogP contribution is -2.33. The molecule has 1 aliphatic heterocycles. The third-order valence-corrected chi connectivity index (χ3v) is 5.76. The number of nitrogens with two attached hydrogens (primary N) is 2. The van der Waals surface area contributed by atoms with E-state index in [-0.39, 0.29) is 23.0 Å². The summed E-state index contributed by atoms with van der Waals surface area (Å²) in [6.45, 7) is 2.37. The minimum Gasteiger partial charge on any atom is -0.489 e. The zero-order valence-electron chi connectivity index (χ0n) is 17.6. The van der Waals surface area contributed by atoms with Gasteiger partial charge in [-0.3, -0.25) is 5.32 Å². The van der Waals surface area contributed by atoms with E-state index < -0.39 is 6.04 Å². The van der Waals surface area contributed by atoms with Crippen LogP contribution in [0.1, 0.15) is 33.9 Å². The molecular weight excluding hydrogens is 484 g/mol. The van der Waals surface area contributed by atoms with Crippen LogP contribution in [-0.2, 0) is 6.61 Å². The highest BCUT2D eigenvalue weighted by Gasteiger charge is 2.31. The van der Waals surface area contributed by atoms with Gasteiger partial charge in [-0.25, -0.2) is 9.98 Å². The number of guanidine groups is 1. The molecular formula is C23H19BrN8O. The average molecular weight is 503 g/mol. The Balaban J connectivity index is 1.84. The van der Waals surface area contributed by atoms with Crippen LogP contribution in [0.4, 0.5) is 17.3 Å². The number of hydrogen-bond donors (Lipinski definition) is 4. The van der Waals surface area contributed by atoms with Crippen molar-refractivity contribution in [2.45, 2.75) is 19.6 Å². The van der Waals surface area contributed by atoms with E-state index in [1.807, 2.05) is 61.7 Å². The maximum absolute atomic E-state index is 9.54. The van der Waals surface area contributed by atoms with Crippen LogP contribution in [0.3, 0.4) is 0 Å². The molecule has 0 spiro atoms. The molecule has 0 aliphatic carbocycles. The van der Waals surface area contributed by atoms with Crippen molar-refractivity contribution in [3.63, 3.8) is 0 Å². The molecule has 0 fully saturated rings. The van der Waals surface area contributed by atoms with Crippen LogP contribution in [0, 0.1) is 29.7 Å². The summed E-state index contributed by atoms with van der Waals surface area (Å²) in [7, 11) is 0. The van der Waals surface area contributed by atoms with Gasteiger partial charge < -0.3 is 21.5 Å². The molecule has 0 saturated heterocycles. The SMILES string of the molecule is Cc1ccccc1COc1ccc(Br)cc1C1N=C(NC#N)Nc2nc(N)c(C#N)c(N)c21. The highest BCUT2D eigenvalue weighted by atomic mass is 79.9. The Labute approximate surface area is 198 Å². The molecule has 9 nitrogen and oxygen atoms in total. The first-order chi connectivity index (χ1) is 15.9. The van der Waals surface area contributed by atoms with Gasteiger partial charge in [-0.2, -0.15) is 10.5 Å². The number of aliphatic imine (C=N–C) groups is 1. The van der Waals surface area contributed by atoms with Crippen LogP contribution in [0.5, 0.6) is 5.75 Å². The summed E-state index contributed by atoms with van der Waals surface area (Å²) in [5.41, 5.74) is 15.8. The number of halogens is 1. The minimum atomic E-state index is -0.707. The lowest BCUT2D eigenvalue weighted by atomic mass is 9.94. The molecule has 0 radical (unpaired) electrons. The number of benzene rings is 2. The predicted molar refractivity (Wildman–Crippen MR) is 129 cm³/mol. The number of aromatic nitrogens is 1. The first-order valence-corrected chi connectivity index (χ1v) is 10.7. The molecule has 1 aromatic heterocycles. The molecule has 3 aromatic rings. The van der Waals surface area contributed by atoms with Gasteiger partial charge in [-0.15, -0.1) is 0 Å². The maximum atomic E-state index is 9.54. The Bertz CT molecular complexity index is 1360. The van der Waals surface area contributed by atoms with Gasteiger partial charge in [0.25, 0.3) is 0 Å². The van der Waals surface area contributed by atoms with Crippen molar-refractivity contribution in [3.8, 4) is 18.0 Å². The average Bonchev–Trinajstić information content (AvgIpc) is 2.79. The molecule has 4 rings (SSSR count). The van der Waals surface area contributed by atoms with Crippen LogP contribution in [0.25, 0.3) is 0 Å². The van der Waals surface area contributed by atoms with Gasteiger partial charge in [0, 0.05) is 15.6 Å². The highest BCUT2D eigenvalue weighted by Crippen LogP contribution is 2.44. The van der Waals surface area contributed by atoms with E-state index in [1.54, 1.807) is 0 Å². The second kappa shape index (κ2) is 9.07. The van der Waals surface area contributed by atoms with Gasteiger partial charge in [0.05, 0.1) is 5.69 Å². The van der Waals surface area contributed by atoms with E-state index in [0.717, 1.165) is 15.6 Å². The number of fused-ring (bicyclic) bond motifs is 1. The lowest BCUT2D eigenvalue weighted by molar-refractivity contribution is 0.301. The van der Waals surface area contributed by atoms with Gasteiger partial charge in [-0.1, -0.05) is 40.2 Å². The fraction of sp³-hybridized carbons (Fsp3) is 0.130. The van der Waals surface area contributed by atoms with Crippen LogP contribution in [0.2, 0.25) is 0 Å². The van der Waals surface area contributed by atoms with E-state index in [4.69, 9.17) is 21.5 Å². The number of anilines is 3. The zero-order chi connectivity index (χ0) is 23.5. The molecule has 0 amide bonds. The summed E-state index contributed by atoms with van der Waals surface area (Å²) in [6, 6.07) is 14.8. The smallest absolute Gasteiger partial charge is 0.211 e. The molecule has 6 N–H and O–H groups in total. The Morgan fingerprint density at radius 1 is 1.21 bits per heavy atom. The molecule has 1 unspecified atom stereocenters. The molecule has 1 aliphatic rings. The number of pyridine rings is 1. The number of aryl methyl sites for hydroxylation is 1. The van der Waals surface area contributed by atoms with Crippen molar-refractivity contribution in [1.82, 2.24) is 10.3 Å². The summed E-state index contributed by atoms with van der Waals surface area (Å²) in [5, 5.41) is 24.1. The number of nitrogens with one attached hydrogen (secondary N) is 2. The molecule has 1 atom stereocenters. The quantitative estimate of drug-likeness (QED) is 0.310. The maximum Gasteiger partial charge on any atom is 0.211 e. The molecule has 2 heterocycles. The summed E-state index contributed by atoms with van der Waals surface area (Å²) in [5.74, 6) is 1.06. The normalized spacial score (nSPS) is 14.2. The van der Waals surface area contributed by atoms with Crippen molar-refractivity contribution in [2.75, 3.05) is 16.8 Å². The number of ether oxygens (including phenoxy) is 1. The monoisotopic (exact) mass is 502 g/mol. The Morgan fingerprint density at radius 3 is 2.73 bits per heavy atom. The van der Waals surface area contributed by atoms with Crippen LogP contribution in [-0.4, -0.2) is 10.9 Å². The second-order valence-corrected chi connectivity index (χ2v) is 8.21. The Kier molecular flexibility index (Phi) is 6.03. The molecule has 33 heavy (non-hydrogen) atoms. The summed E-state index contributed by atoms with van der Waals surface area (Å²) in [4.78, 5) is 8.92. The Hall–Kier alpha value is -4.28. The van der Waals surface area contributed by atoms with E-state index in [1.165, 1.54) is 0 Å². The lowest BCUT2D eigenvalue weighted by Gasteiger charge is -2.27. The predicted octanol–water partition coefficient (Wildman–Crippen LogP) is 3.71. The largest absolute Gasteiger partial charge is 0.489 e.